The molecule has 0 saturated heterocycles. The molecule has 52 valence electrons. The van der Waals surface area contributed by atoms with Gasteiger partial charge in [0.15, 0.2) is 0 Å². The van der Waals surface area contributed by atoms with Gasteiger partial charge in [0.2, 0.25) is 0 Å². The predicted molar refractivity (Wildman–Crippen MR) is 34.9 cm³/mol. The third-order valence-corrected chi connectivity index (χ3v) is 3.14. The van der Waals surface area contributed by atoms with Crippen molar-refractivity contribution < 1.29 is 4.39 Å². The van der Waals surface area contributed by atoms with Crippen LogP contribution in [0, 0.1) is 17.8 Å². The third kappa shape index (κ3) is 0.580. The summed E-state index contributed by atoms with van der Waals surface area (Å²) in [4.78, 5) is 0. The highest BCUT2D eigenvalue weighted by molar-refractivity contribution is 5.13. The Morgan fingerprint density at radius 2 is 1.78 bits per heavy atom. The first-order valence-corrected chi connectivity index (χ1v) is 3.81. The highest BCUT2D eigenvalue weighted by Crippen LogP contribution is 2.64. The van der Waals surface area contributed by atoms with Crippen LogP contribution >= 0.6 is 0 Å². The highest BCUT2D eigenvalue weighted by Gasteiger charge is 2.65. The molecule has 0 aromatic carbocycles. The molecular formula is C8H13F. The molecule has 2 unspecified atom stereocenters. The number of hydrogen-bond donors (Lipinski definition) is 0. The van der Waals surface area contributed by atoms with Gasteiger partial charge in [-0.3, -0.25) is 0 Å². The minimum atomic E-state index is -0.757. The Hall–Kier alpha value is -0.0700. The topological polar surface area (TPSA) is 0 Å². The maximum absolute atomic E-state index is 13.1. The van der Waals surface area contributed by atoms with Gasteiger partial charge >= 0.3 is 0 Å². The van der Waals surface area contributed by atoms with Crippen molar-refractivity contribution in [3.05, 3.63) is 0 Å². The van der Waals surface area contributed by atoms with Crippen LogP contribution in [0.1, 0.15) is 26.7 Å². The van der Waals surface area contributed by atoms with Crippen LogP contribution in [-0.4, -0.2) is 5.67 Å². The van der Waals surface area contributed by atoms with E-state index in [1.807, 2.05) is 0 Å². The molecule has 2 saturated carbocycles. The van der Waals surface area contributed by atoms with Crippen LogP contribution in [-0.2, 0) is 0 Å². The van der Waals surface area contributed by atoms with Crippen LogP contribution in [0.25, 0.3) is 0 Å². The summed E-state index contributed by atoms with van der Waals surface area (Å²) in [5, 5.41) is 0. The maximum atomic E-state index is 13.1. The number of hydrogen-bond acceptors (Lipinski definition) is 0. The second-order valence-corrected chi connectivity index (χ2v) is 3.94. The average Bonchev–Trinajstić information content (AvgIpc) is 2.27. The zero-order valence-corrected chi connectivity index (χ0v) is 6.02. The van der Waals surface area contributed by atoms with Crippen LogP contribution in [0.5, 0.6) is 0 Å². The van der Waals surface area contributed by atoms with E-state index in [-0.39, 0.29) is 0 Å². The normalized spacial score (nSPS) is 63.7. The van der Waals surface area contributed by atoms with E-state index in [4.69, 9.17) is 0 Å². The van der Waals surface area contributed by atoms with Gasteiger partial charge in [-0.15, -0.1) is 0 Å². The minimum Gasteiger partial charge on any atom is -0.244 e. The summed E-state index contributed by atoms with van der Waals surface area (Å²) in [7, 11) is 0. The lowest BCUT2D eigenvalue weighted by Crippen LogP contribution is -2.06. The Labute approximate surface area is 55.4 Å². The highest BCUT2D eigenvalue weighted by atomic mass is 19.1. The van der Waals surface area contributed by atoms with Crippen molar-refractivity contribution in [1.29, 1.82) is 0 Å². The summed E-state index contributed by atoms with van der Waals surface area (Å²) in [6.07, 6.45) is 2.27. The summed E-state index contributed by atoms with van der Waals surface area (Å²) >= 11 is 0. The quantitative estimate of drug-likeness (QED) is 0.470. The molecule has 0 aromatic heterocycles. The molecule has 2 aliphatic carbocycles. The van der Waals surface area contributed by atoms with E-state index >= 15 is 0 Å². The molecule has 2 fully saturated rings. The van der Waals surface area contributed by atoms with Crippen LogP contribution in [0.2, 0.25) is 0 Å². The standard InChI is InChI=1S/C8H13F/c1-5-3-6-7(4-5)8(6,2)9/h5-7H,3-4H2,1-2H3/t5?,6-,7+,8?. The summed E-state index contributed by atoms with van der Waals surface area (Å²) in [6.45, 7) is 3.98. The third-order valence-electron chi connectivity index (χ3n) is 3.14. The molecule has 0 N–H and O–H groups in total. The van der Waals surface area contributed by atoms with E-state index in [2.05, 4.69) is 6.92 Å². The zero-order chi connectivity index (χ0) is 6.65. The van der Waals surface area contributed by atoms with Gasteiger partial charge in [0.1, 0.15) is 5.67 Å². The van der Waals surface area contributed by atoms with Crippen molar-refractivity contribution in [3.63, 3.8) is 0 Å². The van der Waals surface area contributed by atoms with E-state index in [0.717, 1.165) is 18.8 Å². The molecule has 0 aromatic rings. The van der Waals surface area contributed by atoms with E-state index in [1.54, 1.807) is 6.92 Å². The SMILES string of the molecule is CC1C[C@@H]2[C@H](C1)C2(C)F. The second-order valence-electron chi connectivity index (χ2n) is 3.94. The molecule has 9 heavy (non-hydrogen) atoms. The summed E-state index contributed by atoms with van der Waals surface area (Å²) in [5.41, 5.74) is -0.757. The number of alkyl halides is 1. The van der Waals surface area contributed by atoms with E-state index in [0.29, 0.717) is 11.8 Å². The molecule has 2 aliphatic rings. The van der Waals surface area contributed by atoms with Gasteiger partial charge in [-0.1, -0.05) is 6.92 Å². The van der Waals surface area contributed by atoms with E-state index in [9.17, 15) is 4.39 Å². The van der Waals surface area contributed by atoms with Crippen molar-refractivity contribution in [2.45, 2.75) is 32.4 Å². The molecule has 4 atom stereocenters. The van der Waals surface area contributed by atoms with Crippen LogP contribution in [0.3, 0.4) is 0 Å². The zero-order valence-electron chi connectivity index (χ0n) is 6.02. The van der Waals surface area contributed by atoms with Gasteiger partial charge < -0.3 is 0 Å². The van der Waals surface area contributed by atoms with Gasteiger partial charge in [0.05, 0.1) is 0 Å². The average molecular weight is 128 g/mol. The fraction of sp³-hybridized carbons (Fsp3) is 1.00. The second kappa shape index (κ2) is 1.33. The Balaban J connectivity index is 2.06. The number of fused-ring (bicyclic) bond motifs is 1. The smallest absolute Gasteiger partial charge is 0.114 e. The van der Waals surface area contributed by atoms with Crippen LogP contribution in [0.4, 0.5) is 4.39 Å². The summed E-state index contributed by atoms with van der Waals surface area (Å²) in [6, 6.07) is 0. The fourth-order valence-corrected chi connectivity index (χ4v) is 2.41. The van der Waals surface area contributed by atoms with Crippen molar-refractivity contribution in [1.82, 2.24) is 0 Å². The monoisotopic (exact) mass is 128 g/mol. The molecule has 0 bridgehead atoms. The lowest BCUT2D eigenvalue weighted by atomic mass is 10.0. The molecule has 2 rings (SSSR count). The largest absolute Gasteiger partial charge is 0.244 e. The Kier molecular flexibility index (Phi) is 0.841. The van der Waals surface area contributed by atoms with E-state index in [1.165, 1.54) is 0 Å². The first-order valence-electron chi connectivity index (χ1n) is 3.81. The molecular weight excluding hydrogens is 115 g/mol. The number of halogens is 1. The maximum Gasteiger partial charge on any atom is 0.114 e. The van der Waals surface area contributed by atoms with Gasteiger partial charge in [-0.05, 0) is 37.5 Å². The van der Waals surface area contributed by atoms with E-state index < -0.39 is 5.67 Å². The molecule has 1 heteroatoms. The summed E-state index contributed by atoms with van der Waals surface area (Å²) in [5.74, 6) is 1.67. The molecule has 0 aliphatic heterocycles. The molecule has 0 amide bonds. The van der Waals surface area contributed by atoms with Crippen molar-refractivity contribution in [3.8, 4) is 0 Å². The Bertz CT molecular complexity index is 126. The van der Waals surface area contributed by atoms with Gasteiger partial charge in [0.25, 0.3) is 0 Å². The van der Waals surface area contributed by atoms with Crippen molar-refractivity contribution in [2.75, 3.05) is 0 Å². The van der Waals surface area contributed by atoms with Gasteiger partial charge in [-0.25, -0.2) is 4.39 Å². The number of rotatable bonds is 0. The van der Waals surface area contributed by atoms with Crippen LogP contribution < -0.4 is 0 Å². The Morgan fingerprint density at radius 1 is 1.33 bits per heavy atom. The first-order chi connectivity index (χ1) is 4.12. The van der Waals surface area contributed by atoms with Gasteiger partial charge in [-0.2, -0.15) is 0 Å². The fourth-order valence-electron chi connectivity index (χ4n) is 2.41. The predicted octanol–water partition coefficient (Wildman–Crippen LogP) is 2.39. The molecule has 0 nitrogen and oxygen atoms in total. The lowest BCUT2D eigenvalue weighted by molar-refractivity contribution is 0.249. The lowest BCUT2D eigenvalue weighted by Gasteiger charge is -2.08. The van der Waals surface area contributed by atoms with Crippen LogP contribution in [0.15, 0.2) is 0 Å². The van der Waals surface area contributed by atoms with Crippen molar-refractivity contribution >= 4 is 0 Å². The Morgan fingerprint density at radius 3 is 2.11 bits per heavy atom. The molecule has 0 radical (unpaired) electrons. The van der Waals surface area contributed by atoms with Gasteiger partial charge in [0, 0.05) is 0 Å². The minimum absolute atomic E-state index is 0.437. The van der Waals surface area contributed by atoms with Crippen molar-refractivity contribution in [2.24, 2.45) is 17.8 Å². The molecule has 0 heterocycles. The summed E-state index contributed by atoms with van der Waals surface area (Å²) < 4.78 is 13.1. The molecule has 0 spiro atoms. The first kappa shape index (κ1) is 5.70.